The lowest BCUT2D eigenvalue weighted by atomic mass is 10.1. The molecule has 1 N–H and O–H groups in total. The van der Waals surface area contributed by atoms with Gasteiger partial charge in [-0.05, 0) is 63.8 Å². The molecule has 3 atom stereocenters. The van der Waals surface area contributed by atoms with Gasteiger partial charge in [0.25, 0.3) is 0 Å². The average molecular weight is 309 g/mol. The first-order valence-corrected chi connectivity index (χ1v) is 8.77. The van der Waals surface area contributed by atoms with Gasteiger partial charge >= 0.3 is 0 Å². The van der Waals surface area contributed by atoms with E-state index in [9.17, 15) is 0 Å². The summed E-state index contributed by atoms with van der Waals surface area (Å²) in [5.41, 5.74) is 2.48. The van der Waals surface area contributed by atoms with Gasteiger partial charge in [0.05, 0.1) is 0 Å². The van der Waals surface area contributed by atoms with Crippen LogP contribution in [-0.2, 0) is 0 Å². The molecule has 0 bridgehead atoms. The minimum absolute atomic E-state index is 0.310. The van der Waals surface area contributed by atoms with Crippen LogP contribution >= 0.6 is 11.6 Å². The summed E-state index contributed by atoms with van der Waals surface area (Å²) in [5, 5.41) is 4.40. The molecule has 0 aromatic heterocycles. The summed E-state index contributed by atoms with van der Waals surface area (Å²) < 4.78 is 0. The van der Waals surface area contributed by atoms with Crippen LogP contribution in [0.3, 0.4) is 0 Å². The molecule has 3 unspecified atom stereocenters. The average Bonchev–Trinajstić information content (AvgIpc) is 2.85. The summed E-state index contributed by atoms with van der Waals surface area (Å²) in [6.45, 7) is 10.00. The fourth-order valence-corrected chi connectivity index (χ4v) is 3.77. The smallest absolute Gasteiger partial charge is 0.0474 e. The van der Waals surface area contributed by atoms with E-state index in [0.29, 0.717) is 18.1 Å². The molecular weight excluding hydrogens is 280 g/mol. The zero-order chi connectivity index (χ0) is 15.4. The third-order valence-electron chi connectivity index (χ3n) is 4.71. The fraction of sp³-hybridized carbons (Fsp3) is 0.667. The number of rotatable bonds is 6. The number of hydrogen-bond acceptors (Lipinski definition) is 2. The van der Waals surface area contributed by atoms with Crippen LogP contribution in [0, 0.1) is 0 Å². The maximum absolute atomic E-state index is 6.55. The molecule has 1 saturated heterocycles. The van der Waals surface area contributed by atoms with Crippen molar-refractivity contribution in [3.8, 4) is 0 Å². The molecule has 1 aromatic carbocycles. The maximum Gasteiger partial charge on any atom is 0.0474 e. The molecule has 0 radical (unpaired) electrons. The van der Waals surface area contributed by atoms with Crippen molar-refractivity contribution in [3.63, 3.8) is 0 Å². The number of nitrogens with zero attached hydrogens (tertiary/aromatic N) is 1. The second-order valence-electron chi connectivity index (χ2n) is 6.28. The minimum Gasteiger partial charge on any atom is -0.366 e. The number of benzene rings is 1. The lowest BCUT2D eigenvalue weighted by molar-refractivity contribution is 0.570. The second-order valence-corrected chi connectivity index (χ2v) is 6.68. The molecule has 1 aromatic rings. The van der Waals surface area contributed by atoms with E-state index in [2.05, 4.69) is 56.1 Å². The largest absolute Gasteiger partial charge is 0.366 e. The van der Waals surface area contributed by atoms with Crippen molar-refractivity contribution in [2.75, 3.05) is 11.4 Å². The van der Waals surface area contributed by atoms with Gasteiger partial charge in [0.1, 0.15) is 0 Å². The van der Waals surface area contributed by atoms with Gasteiger partial charge in [0.2, 0.25) is 0 Å². The summed E-state index contributed by atoms with van der Waals surface area (Å²) in [4.78, 5) is 2.56. The molecule has 0 amide bonds. The standard InChI is InChI=1S/C18H29ClN2/c1-5-11-20-14(4)17-10-9-16(12-18(17)19)21-13(3)7-8-15(21)6-2/h9-10,12-15,20H,5-8,11H2,1-4H3. The van der Waals surface area contributed by atoms with E-state index in [0.717, 1.165) is 18.0 Å². The summed E-state index contributed by atoms with van der Waals surface area (Å²) >= 11 is 6.55. The van der Waals surface area contributed by atoms with Crippen LogP contribution in [-0.4, -0.2) is 18.6 Å². The Bertz CT molecular complexity index is 461. The number of halogens is 1. The summed E-state index contributed by atoms with van der Waals surface area (Å²) in [5.74, 6) is 0. The molecule has 2 nitrogen and oxygen atoms in total. The highest BCUT2D eigenvalue weighted by atomic mass is 35.5. The molecule has 1 aliphatic heterocycles. The van der Waals surface area contributed by atoms with Crippen LogP contribution in [0.25, 0.3) is 0 Å². The molecule has 1 fully saturated rings. The summed E-state index contributed by atoms with van der Waals surface area (Å²) in [6.07, 6.45) is 4.93. The lowest BCUT2D eigenvalue weighted by Crippen LogP contribution is -2.34. The van der Waals surface area contributed by atoms with Gasteiger partial charge in [-0.2, -0.15) is 0 Å². The lowest BCUT2D eigenvalue weighted by Gasteiger charge is -2.31. The molecular formula is C18H29ClN2. The van der Waals surface area contributed by atoms with E-state index in [1.165, 1.54) is 30.5 Å². The second kappa shape index (κ2) is 7.51. The van der Waals surface area contributed by atoms with Gasteiger partial charge in [-0.1, -0.05) is 31.5 Å². The van der Waals surface area contributed by atoms with Gasteiger partial charge in [-0.25, -0.2) is 0 Å². The Morgan fingerprint density at radius 1 is 1.33 bits per heavy atom. The first kappa shape index (κ1) is 16.6. The molecule has 2 rings (SSSR count). The van der Waals surface area contributed by atoms with E-state index in [-0.39, 0.29) is 0 Å². The number of anilines is 1. The summed E-state index contributed by atoms with van der Waals surface area (Å²) in [7, 11) is 0. The monoisotopic (exact) mass is 308 g/mol. The summed E-state index contributed by atoms with van der Waals surface area (Å²) in [6, 6.07) is 8.19. The Balaban J connectivity index is 2.18. The van der Waals surface area contributed by atoms with Gasteiger partial charge < -0.3 is 10.2 Å². The number of nitrogens with one attached hydrogen (secondary N) is 1. The van der Waals surface area contributed by atoms with Crippen molar-refractivity contribution < 1.29 is 0 Å². The third-order valence-corrected chi connectivity index (χ3v) is 5.03. The highest BCUT2D eigenvalue weighted by molar-refractivity contribution is 6.31. The first-order chi connectivity index (χ1) is 10.1. The third kappa shape index (κ3) is 3.73. The highest BCUT2D eigenvalue weighted by Gasteiger charge is 2.29. The molecule has 0 saturated carbocycles. The van der Waals surface area contributed by atoms with Crippen molar-refractivity contribution in [2.24, 2.45) is 0 Å². The van der Waals surface area contributed by atoms with Crippen molar-refractivity contribution >= 4 is 17.3 Å². The molecule has 0 spiro atoms. The zero-order valence-electron chi connectivity index (χ0n) is 13.8. The van der Waals surface area contributed by atoms with Gasteiger partial charge in [0.15, 0.2) is 0 Å². The number of hydrogen-bond donors (Lipinski definition) is 1. The van der Waals surface area contributed by atoms with E-state index >= 15 is 0 Å². The normalized spacial score (nSPS) is 23.6. The molecule has 0 aliphatic carbocycles. The van der Waals surface area contributed by atoms with Crippen molar-refractivity contribution in [3.05, 3.63) is 28.8 Å². The van der Waals surface area contributed by atoms with Crippen molar-refractivity contribution in [1.82, 2.24) is 5.32 Å². The van der Waals surface area contributed by atoms with Gasteiger partial charge in [0, 0.05) is 28.8 Å². The Labute approximate surface area is 134 Å². The predicted octanol–water partition coefficient (Wildman–Crippen LogP) is 5.17. The highest BCUT2D eigenvalue weighted by Crippen LogP contribution is 2.35. The minimum atomic E-state index is 0.310. The van der Waals surface area contributed by atoms with Crippen molar-refractivity contribution in [1.29, 1.82) is 0 Å². The SMILES string of the molecule is CCCNC(C)c1ccc(N2C(C)CCC2CC)cc1Cl. The molecule has 118 valence electrons. The Morgan fingerprint density at radius 3 is 2.71 bits per heavy atom. The van der Waals surface area contributed by atoms with Crippen molar-refractivity contribution in [2.45, 2.75) is 71.5 Å². The predicted molar refractivity (Wildman–Crippen MR) is 93.4 cm³/mol. The topological polar surface area (TPSA) is 15.3 Å². The Morgan fingerprint density at radius 2 is 2.10 bits per heavy atom. The van der Waals surface area contributed by atoms with Crippen LogP contribution in [0.15, 0.2) is 18.2 Å². The van der Waals surface area contributed by atoms with Crippen LogP contribution in [0.1, 0.15) is 65.0 Å². The van der Waals surface area contributed by atoms with Crippen LogP contribution in [0.5, 0.6) is 0 Å². The Hall–Kier alpha value is -0.730. The molecule has 3 heteroatoms. The Kier molecular flexibility index (Phi) is 5.95. The van der Waals surface area contributed by atoms with E-state index < -0.39 is 0 Å². The zero-order valence-corrected chi connectivity index (χ0v) is 14.6. The molecule has 21 heavy (non-hydrogen) atoms. The van der Waals surface area contributed by atoms with E-state index in [1.807, 2.05) is 0 Å². The van der Waals surface area contributed by atoms with E-state index in [4.69, 9.17) is 11.6 Å². The van der Waals surface area contributed by atoms with E-state index in [1.54, 1.807) is 0 Å². The first-order valence-electron chi connectivity index (χ1n) is 8.39. The van der Waals surface area contributed by atoms with Gasteiger partial charge in [-0.15, -0.1) is 0 Å². The quantitative estimate of drug-likeness (QED) is 0.780. The molecule has 1 heterocycles. The van der Waals surface area contributed by atoms with Crippen LogP contribution < -0.4 is 10.2 Å². The molecule has 1 aliphatic rings. The van der Waals surface area contributed by atoms with Crippen LogP contribution in [0.4, 0.5) is 5.69 Å². The van der Waals surface area contributed by atoms with Crippen LogP contribution in [0.2, 0.25) is 5.02 Å². The fourth-order valence-electron chi connectivity index (χ4n) is 3.44. The van der Waals surface area contributed by atoms with Gasteiger partial charge in [-0.3, -0.25) is 0 Å². The maximum atomic E-state index is 6.55.